The van der Waals surface area contributed by atoms with Crippen LogP contribution >= 0.6 is 0 Å². The summed E-state index contributed by atoms with van der Waals surface area (Å²) >= 11 is 0. The zero-order valence-electron chi connectivity index (χ0n) is 11.2. The van der Waals surface area contributed by atoms with Crippen molar-refractivity contribution in [1.29, 1.82) is 0 Å². The lowest BCUT2D eigenvalue weighted by Crippen LogP contribution is -2.52. The zero-order chi connectivity index (χ0) is 14.0. The van der Waals surface area contributed by atoms with Crippen molar-refractivity contribution in [3.8, 4) is 0 Å². The van der Waals surface area contributed by atoms with E-state index in [-0.39, 0.29) is 6.03 Å². The number of nitrogens with zero attached hydrogens (tertiary/aromatic N) is 3. The first-order chi connectivity index (χ1) is 9.68. The summed E-state index contributed by atoms with van der Waals surface area (Å²) in [5.41, 5.74) is 1.43. The number of urea groups is 1. The number of amides is 2. The lowest BCUT2D eigenvalue weighted by atomic mass is 9.76. The summed E-state index contributed by atoms with van der Waals surface area (Å²) in [6, 6.07) is 7.40. The van der Waals surface area contributed by atoms with E-state index in [0.717, 1.165) is 30.5 Å². The molecule has 1 aromatic carbocycles. The third-order valence-corrected chi connectivity index (χ3v) is 3.64. The molecule has 1 saturated carbocycles. The molecule has 0 aliphatic heterocycles. The molecule has 104 valence electrons. The topological polar surface area (TPSA) is 95.6 Å². The highest BCUT2D eigenvalue weighted by atomic mass is 16.2. The molecular formula is C13H16N6O. The van der Waals surface area contributed by atoms with Crippen molar-refractivity contribution in [3.63, 3.8) is 0 Å². The van der Waals surface area contributed by atoms with Gasteiger partial charge in [-0.3, -0.25) is 0 Å². The number of anilines is 1. The van der Waals surface area contributed by atoms with Gasteiger partial charge in [0.25, 0.3) is 0 Å². The van der Waals surface area contributed by atoms with E-state index in [1.54, 1.807) is 0 Å². The van der Waals surface area contributed by atoms with Crippen molar-refractivity contribution in [1.82, 2.24) is 25.9 Å². The number of nitrogens with one attached hydrogen (secondary N) is 3. The molecule has 0 atom stereocenters. The van der Waals surface area contributed by atoms with Gasteiger partial charge in [0, 0.05) is 5.69 Å². The Kier molecular flexibility index (Phi) is 3.09. The first-order valence-corrected chi connectivity index (χ1v) is 6.58. The van der Waals surface area contributed by atoms with E-state index in [9.17, 15) is 4.79 Å². The van der Waals surface area contributed by atoms with Crippen LogP contribution in [-0.4, -0.2) is 26.7 Å². The maximum absolute atomic E-state index is 12.1. The molecule has 1 aromatic heterocycles. The number of hydrogen-bond donors (Lipinski definition) is 3. The molecule has 7 heteroatoms. The van der Waals surface area contributed by atoms with Crippen molar-refractivity contribution in [2.75, 3.05) is 5.32 Å². The molecule has 3 rings (SSSR count). The monoisotopic (exact) mass is 272 g/mol. The van der Waals surface area contributed by atoms with Crippen LogP contribution in [0.4, 0.5) is 10.5 Å². The predicted molar refractivity (Wildman–Crippen MR) is 73.0 cm³/mol. The molecule has 2 amide bonds. The minimum Gasteiger partial charge on any atom is -0.325 e. The van der Waals surface area contributed by atoms with Crippen molar-refractivity contribution in [2.24, 2.45) is 0 Å². The number of rotatable bonds is 3. The number of aryl methyl sites for hydroxylation is 1. The van der Waals surface area contributed by atoms with Crippen LogP contribution in [0.15, 0.2) is 24.3 Å². The van der Waals surface area contributed by atoms with Gasteiger partial charge in [0.1, 0.15) is 5.54 Å². The minimum atomic E-state index is -0.484. The highest BCUT2D eigenvalue weighted by Crippen LogP contribution is 2.39. The SMILES string of the molecule is Cc1ccc(NC(=O)NC2(c3nn[nH]n3)CCC2)cc1. The average molecular weight is 272 g/mol. The number of aromatic amines is 1. The van der Waals surface area contributed by atoms with Crippen LogP contribution in [0.2, 0.25) is 0 Å². The van der Waals surface area contributed by atoms with Gasteiger partial charge in [0.15, 0.2) is 5.82 Å². The van der Waals surface area contributed by atoms with Gasteiger partial charge in [0.2, 0.25) is 0 Å². The summed E-state index contributed by atoms with van der Waals surface area (Å²) in [6.45, 7) is 2.00. The highest BCUT2D eigenvalue weighted by molar-refractivity contribution is 5.89. The Hall–Kier alpha value is -2.44. The van der Waals surface area contributed by atoms with Gasteiger partial charge >= 0.3 is 6.03 Å². The van der Waals surface area contributed by atoms with Crippen LogP contribution in [0.5, 0.6) is 0 Å². The molecule has 0 bridgehead atoms. The fraction of sp³-hybridized carbons (Fsp3) is 0.385. The lowest BCUT2D eigenvalue weighted by molar-refractivity contribution is 0.175. The summed E-state index contributed by atoms with van der Waals surface area (Å²) < 4.78 is 0. The van der Waals surface area contributed by atoms with Crippen LogP contribution in [-0.2, 0) is 5.54 Å². The largest absolute Gasteiger partial charge is 0.325 e. The molecule has 1 aliphatic carbocycles. The van der Waals surface area contributed by atoms with E-state index in [1.165, 1.54) is 0 Å². The normalized spacial score (nSPS) is 16.2. The van der Waals surface area contributed by atoms with Crippen molar-refractivity contribution < 1.29 is 4.79 Å². The molecule has 20 heavy (non-hydrogen) atoms. The molecule has 0 radical (unpaired) electrons. The number of tetrazole rings is 1. The molecule has 2 aromatic rings. The molecule has 1 fully saturated rings. The second-order valence-electron chi connectivity index (χ2n) is 5.12. The van der Waals surface area contributed by atoms with Crippen LogP contribution in [0.25, 0.3) is 0 Å². The van der Waals surface area contributed by atoms with E-state index in [1.807, 2.05) is 31.2 Å². The van der Waals surface area contributed by atoms with Gasteiger partial charge in [-0.05, 0) is 38.3 Å². The van der Waals surface area contributed by atoms with Crippen LogP contribution in [0.1, 0.15) is 30.7 Å². The maximum atomic E-state index is 12.1. The quantitative estimate of drug-likeness (QED) is 0.792. The second kappa shape index (κ2) is 4.92. The van der Waals surface area contributed by atoms with Gasteiger partial charge < -0.3 is 10.6 Å². The Labute approximate surface area is 116 Å². The third-order valence-electron chi connectivity index (χ3n) is 3.64. The summed E-state index contributed by atoms with van der Waals surface area (Å²) in [5, 5.41) is 19.8. The van der Waals surface area contributed by atoms with E-state index in [2.05, 4.69) is 31.3 Å². The number of carbonyl (C=O) groups is 1. The van der Waals surface area contributed by atoms with E-state index < -0.39 is 5.54 Å². The van der Waals surface area contributed by atoms with Gasteiger partial charge in [-0.15, -0.1) is 10.2 Å². The molecule has 0 saturated heterocycles. The number of hydrogen-bond acceptors (Lipinski definition) is 4. The summed E-state index contributed by atoms with van der Waals surface area (Å²) in [4.78, 5) is 12.1. The maximum Gasteiger partial charge on any atom is 0.320 e. The highest BCUT2D eigenvalue weighted by Gasteiger charge is 2.43. The molecule has 0 spiro atoms. The summed E-state index contributed by atoms with van der Waals surface area (Å²) in [6.07, 6.45) is 2.70. The third kappa shape index (κ3) is 2.34. The molecule has 1 heterocycles. The molecule has 7 nitrogen and oxygen atoms in total. The Morgan fingerprint density at radius 2 is 2.05 bits per heavy atom. The molecule has 1 aliphatic rings. The fourth-order valence-electron chi connectivity index (χ4n) is 2.32. The van der Waals surface area contributed by atoms with Gasteiger partial charge in [-0.25, -0.2) is 4.79 Å². The number of benzene rings is 1. The van der Waals surface area contributed by atoms with Crippen molar-refractivity contribution in [3.05, 3.63) is 35.7 Å². The molecule has 0 unspecified atom stereocenters. The second-order valence-corrected chi connectivity index (χ2v) is 5.12. The standard InChI is InChI=1S/C13H16N6O/c1-9-3-5-10(6-4-9)14-12(20)15-13(7-2-8-13)11-16-18-19-17-11/h3-6H,2,7-8H2,1H3,(H2,14,15,20)(H,16,17,18,19). The molecule has 3 N–H and O–H groups in total. The smallest absolute Gasteiger partial charge is 0.320 e. The summed E-state index contributed by atoms with van der Waals surface area (Å²) in [5.74, 6) is 0.544. The molecular weight excluding hydrogens is 256 g/mol. The van der Waals surface area contributed by atoms with Crippen LogP contribution < -0.4 is 10.6 Å². The van der Waals surface area contributed by atoms with Crippen molar-refractivity contribution in [2.45, 2.75) is 31.7 Å². The number of H-pyrrole nitrogens is 1. The Morgan fingerprint density at radius 1 is 1.30 bits per heavy atom. The van der Waals surface area contributed by atoms with E-state index in [0.29, 0.717) is 5.82 Å². The Balaban J connectivity index is 1.68. The average Bonchev–Trinajstić information content (AvgIpc) is 2.91. The first-order valence-electron chi connectivity index (χ1n) is 6.58. The van der Waals surface area contributed by atoms with Crippen molar-refractivity contribution >= 4 is 11.7 Å². The zero-order valence-corrected chi connectivity index (χ0v) is 11.2. The predicted octanol–water partition coefficient (Wildman–Crippen LogP) is 1.71. The Bertz CT molecular complexity index is 588. The van der Waals surface area contributed by atoms with Gasteiger partial charge in [-0.1, -0.05) is 22.9 Å². The fourth-order valence-corrected chi connectivity index (χ4v) is 2.32. The number of aromatic nitrogens is 4. The number of carbonyl (C=O) groups excluding carboxylic acids is 1. The van der Waals surface area contributed by atoms with Crippen LogP contribution in [0.3, 0.4) is 0 Å². The Morgan fingerprint density at radius 3 is 2.60 bits per heavy atom. The lowest BCUT2D eigenvalue weighted by Gasteiger charge is -2.39. The van der Waals surface area contributed by atoms with Gasteiger partial charge in [-0.2, -0.15) is 5.21 Å². The van der Waals surface area contributed by atoms with E-state index >= 15 is 0 Å². The first kappa shape index (κ1) is 12.6. The van der Waals surface area contributed by atoms with E-state index in [4.69, 9.17) is 0 Å². The van der Waals surface area contributed by atoms with Crippen LogP contribution in [0, 0.1) is 6.92 Å². The van der Waals surface area contributed by atoms with Gasteiger partial charge in [0.05, 0.1) is 0 Å². The minimum absolute atomic E-state index is 0.252. The summed E-state index contributed by atoms with van der Waals surface area (Å²) in [7, 11) is 0.